The molecule has 0 bridgehead atoms. The van der Waals surface area contributed by atoms with Gasteiger partial charge in [-0.3, -0.25) is 19.3 Å². The Kier molecular flexibility index (Phi) is 2.21. The Labute approximate surface area is 85.0 Å². The Hall–Kier alpha value is -2.17. The van der Waals surface area contributed by atoms with Crippen molar-refractivity contribution in [3.63, 3.8) is 0 Å². The summed E-state index contributed by atoms with van der Waals surface area (Å²) in [6.45, 7) is 1.64. The van der Waals surface area contributed by atoms with Gasteiger partial charge in [-0.25, -0.2) is 4.79 Å². The topological polar surface area (TPSA) is 67.8 Å². The van der Waals surface area contributed by atoms with E-state index in [9.17, 15) is 9.59 Å². The van der Waals surface area contributed by atoms with Crippen molar-refractivity contribution in [3.8, 4) is 5.69 Å². The van der Waals surface area contributed by atoms with Gasteiger partial charge in [0, 0.05) is 18.0 Å². The van der Waals surface area contributed by atoms with E-state index in [-0.39, 0.29) is 5.56 Å². The highest BCUT2D eigenvalue weighted by atomic mass is 16.2. The van der Waals surface area contributed by atoms with Gasteiger partial charge in [-0.1, -0.05) is 0 Å². The number of nitrogens with one attached hydrogen (secondary N) is 1. The van der Waals surface area contributed by atoms with Crippen LogP contribution in [0.25, 0.3) is 5.69 Å². The smallest absolute Gasteiger partial charge is 0.273 e. The second-order valence-corrected chi connectivity index (χ2v) is 3.15. The minimum Gasteiger partial charge on any atom is -0.273 e. The number of hydrogen-bond acceptors (Lipinski definition) is 3. The van der Waals surface area contributed by atoms with Gasteiger partial charge < -0.3 is 0 Å². The standard InChI is InChI=1S/C10H9N3O2/c1-7-6-13(10(15)12-9(7)14)8-3-2-4-11-5-8/h2-6H,1H3,(H,12,14,15). The van der Waals surface area contributed by atoms with E-state index in [0.29, 0.717) is 11.3 Å². The molecule has 76 valence electrons. The molecular formula is C10H9N3O2. The largest absolute Gasteiger partial charge is 0.332 e. The van der Waals surface area contributed by atoms with E-state index in [1.165, 1.54) is 10.8 Å². The summed E-state index contributed by atoms with van der Waals surface area (Å²) in [6, 6.07) is 3.47. The molecule has 2 aromatic heterocycles. The third-order valence-electron chi connectivity index (χ3n) is 2.04. The van der Waals surface area contributed by atoms with Crippen LogP contribution in [-0.4, -0.2) is 14.5 Å². The van der Waals surface area contributed by atoms with E-state index < -0.39 is 5.69 Å². The van der Waals surface area contributed by atoms with Crippen LogP contribution in [0.1, 0.15) is 5.56 Å². The zero-order valence-electron chi connectivity index (χ0n) is 8.10. The van der Waals surface area contributed by atoms with Gasteiger partial charge in [0.2, 0.25) is 0 Å². The van der Waals surface area contributed by atoms with Gasteiger partial charge in [-0.2, -0.15) is 0 Å². The third-order valence-corrected chi connectivity index (χ3v) is 2.04. The average molecular weight is 203 g/mol. The van der Waals surface area contributed by atoms with Crippen LogP contribution in [0.3, 0.4) is 0 Å². The van der Waals surface area contributed by atoms with Crippen molar-refractivity contribution in [1.82, 2.24) is 14.5 Å². The molecule has 15 heavy (non-hydrogen) atoms. The summed E-state index contributed by atoms with van der Waals surface area (Å²) in [5.74, 6) is 0. The van der Waals surface area contributed by atoms with Crippen molar-refractivity contribution in [1.29, 1.82) is 0 Å². The van der Waals surface area contributed by atoms with Gasteiger partial charge in [0.25, 0.3) is 5.56 Å². The highest BCUT2D eigenvalue weighted by Gasteiger charge is 2.02. The quantitative estimate of drug-likeness (QED) is 0.721. The predicted octanol–water partition coefficient (Wildman–Crippen LogP) is 0.229. The van der Waals surface area contributed by atoms with E-state index in [4.69, 9.17) is 0 Å². The Morgan fingerprint density at radius 2 is 2.20 bits per heavy atom. The lowest BCUT2D eigenvalue weighted by atomic mass is 10.3. The molecule has 0 aliphatic rings. The molecule has 0 saturated heterocycles. The fraction of sp³-hybridized carbons (Fsp3) is 0.100. The van der Waals surface area contributed by atoms with Gasteiger partial charge in [-0.15, -0.1) is 0 Å². The summed E-state index contributed by atoms with van der Waals surface area (Å²) in [4.78, 5) is 28.7. The summed E-state index contributed by atoms with van der Waals surface area (Å²) in [6.07, 6.45) is 4.67. The van der Waals surface area contributed by atoms with Gasteiger partial charge in [0.15, 0.2) is 0 Å². The number of aryl methyl sites for hydroxylation is 1. The number of hydrogen-bond donors (Lipinski definition) is 1. The van der Waals surface area contributed by atoms with Crippen LogP contribution in [0.5, 0.6) is 0 Å². The molecule has 0 aliphatic carbocycles. The minimum absolute atomic E-state index is 0.361. The molecule has 5 heteroatoms. The van der Waals surface area contributed by atoms with Gasteiger partial charge in [0.05, 0.1) is 11.9 Å². The molecule has 2 aromatic rings. The van der Waals surface area contributed by atoms with Crippen molar-refractivity contribution in [3.05, 3.63) is 57.1 Å². The molecular weight excluding hydrogens is 194 g/mol. The summed E-state index contributed by atoms with van der Waals surface area (Å²) in [5.41, 5.74) is 0.291. The Bertz CT molecular complexity index is 584. The molecule has 2 rings (SSSR count). The highest BCUT2D eigenvalue weighted by Crippen LogP contribution is 2.00. The van der Waals surface area contributed by atoms with Crippen LogP contribution < -0.4 is 11.2 Å². The number of aromatic amines is 1. The third kappa shape index (κ3) is 1.71. The highest BCUT2D eigenvalue weighted by molar-refractivity contribution is 5.27. The first-order valence-corrected chi connectivity index (χ1v) is 4.41. The second kappa shape index (κ2) is 3.53. The van der Waals surface area contributed by atoms with E-state index in [2.05, 4.69) is 9.97 Å². The van der Waals surface area contributed by atoms with Gasteiger partial charge >= 0.3 is 5.69 Å². The lowest BCUT2D eigenvalue weighted by Gasteiger charge is -2.04. The Morgan fingerprint density at radius 1 is 1.40 bits per heavy atom. The van der Waals surface area contributed by atoms with E-state index in [1.807, 2.05) is 0 Å². The lowest BCUT2D eigenvalue weighted by Crippen LogP contribution is -2.29. The Balaban J connectivity index is 2.70. The normalized spacial score (nSPS) is 10.2. The first kappa shape index (κ1) is 9.39. The van der Waals surface area contributed by atoms with Gasteiger partial charge in [0.1, 0.15) is 0 Å². The number of rotatable bonds is 1. The maximum atomic E-state index is 11.5. The van der Waals surface area contributed by atoms with Crippen LogP contribution in [-0.2, 0) is 0 Å². The minimum atomic E-state index is -0.460. The average Bonchev–Trinajstić information content (AvgIpc) is 2.25. The molecule has 0 saturated carbocycles. The SMILES string of the molecule is Cc1cn(-c2cccnc2)c(=O)[nH]c1=O. The van der Waals surface area contributed by atoms with Crippen molar-refractivity contribution in [2.24, 2.45) is 0 Å². The first-order valence-electron chi connectivity index (χ1n) is 4.41. The predicted molar refractivity (Wildman–Crippen MR) is 55.2 cm³/mol. The number of aromatic nitrogens is 3. The van der Waals surface area contributed by atoms with Crippen molar-refractivity contribution >= 4 is 0 Å². The zero-order valence-corrected chi connectivity index (χ0v) is 8.10. The van der Waals surface area contributed by atoms with E-state index in [1.54, 1.807) is 31.5 Å². The van der Waals surface area contributed by atoms with Crippen molar-refractivity contribution < 1.29 is 0 Å². The van der Waals surface area contributed by atoms with Crippen LogP contribution >= 0.6 is 0 Å². The fourth-order valence-corrected chi connectivity index (χ4v) is 1.25. The molecule has 0 atom stereocenters. The maximum absolute atomic E-state index is 11.5. The van der Waals surface area contributed by atoms with Gasteiger partial charge in [-0.05, 0) is 19.1 Å². The van der Waals surface area contributed by atoms with E-state index in [0.717, 1.165) is 0 Å². The monoisotopic (exact) mass is 203 g/mol. The number of nitrogens with zero attached hydrogens (tertiary/aromatic N) is 2. The van der Waals surface area contributed by atoms with Crippen LogP contribution in [0.4, 0.5) is 0 Å². The molecule has 0 spiro atoms. The van der Waals surface area contributed by atoms with Crippen LogP contribution in [0.15, 0.2) is 40.3 Å². The summed E-state index contributed by atoms with van der Waals surface area (Å²) in [7, 11) is 0. The molecule has 0 radical (unpaired) electrons. The molecule has 0 aromatic carbocycles. The molecule has 0 aliphatic heterocycles. The molecule has 0 amide bonds. The Morgan fingerprint density at radius 3 is 2.87 bits per heavy atom. The first-order chi connectivity index (χ1) is 7.18. The van der Waals surface area contributed by atoms with Crippen molar-refractivity contribution in [2.45, 2.75) is 6.92 Å². The maximum Gasteiger partial charge on any atom is 0.332 e. The molecule has 5 nitrogen and oxygen atoms in total. The molecule has 0 unspecified atom stereocenters. The molecule has 0 fully saturated rings. The van der Waals surface area contributed by atoms with Crippen LogP contribution in [0.2, 0.25) is 0 Å². The summed E-state index contributed by atoms with van der Waals surface area (Å²) < 4.78 is 1.35. The number of pyridine rings is 1. The van der Waals surface area contributed by atoms with E-state index >= 15 is 0 Å². The lowest BCUT2D eigenvalue weighted by molar-refractivity contribution is 0.875. The van der Waals surface area contributed by atoms with Crippen LogP contribution in [0, 0.1) is 6.92 Å². The zero-order chi connectivity index (χ0) is 10.8. The summed E-state index contributed by atoms with van der Waals surface area (Å²) in [5, 5.41) is 0. The second-order valence-electron chi connectivity index (χ2n) is 3.15. The van der Waals surface area contributed by atoms with Crippen molar-refractivity contribution in [2.75, 3.05) is 0 Å². The molecule has 1 N–H and O–H groups in total. The summed E-state index contributed by atoms with van der Waals surface area (Å²) >= 11 is 0. The fourth-order valence-electron chi connectivity index (χ4n) is 1.25. The number of H-pyrrole nitrogens is 1. The molecule has 2 heterocycles.